The molecule has 0 atom stereocenters. The third kappa shape index (κ3) is 4.44. The van der Waals surface area contributed by atoms with E-state index in [2.05, 4.69) is 30.3 Å². The zero-order chi connectivity index (χ0) is 35.8. The van der Waals surface area contributed by atoms with E-state index in [4.69, 9.17) is 8.83 Å². The van der Waals surface area contributed by atoms with Crippen LogP contribution in [0.25, 0.3) is 76.9 Å². The van der Waals surface area contributed by atoms with E-state index < -0.39 is 0 Å². The van der Waals surface area contributed by atoms with Crippen LogP contribution < -0.4 is 4.90 Å². The van der Waals surface area contributed by atoms with E-state index in [1.165, 1.54) is 0 Å². The number of anilines is 3. The number of rotatable bonds is 5. The second-order valence-electron chi connectivity index (χ2n) is 12.2. The van der Waals surface area contributed by atoms with Gasteiger partial charge in [0.15, 0.2) is 0 Å². The molecular formula is C46H29NO2. The Morgan fingerprint density at radius 2 is 1.12 bits per heavy atom. The maximum absolute atomic E-state index is 9.51. The molecule has 0 saturated carbocycles. The first-order valence-corrected chi connectivity index (χ1v) is 16.3. The zero-order valence-corrected chi connectivity index (χ0v) is 26.2. The molecule has 0 aliphatic heterocycles. The minimum atomic E-state index is -0.148. The summed E-state index contributed by atoms with van der Waals surface area (Å²) in [5.41, 5.74) is 7.10. The largest absolute Gasteiger partial charge is 0.455 e. The van der Waals surface area contributed by atoms with Crippen LogP contribution in [-0.4, -0.2) is 0 Å². The van der Waals surface area contributed by atoms with Crippen LogP contribution in [0, 0.1) is 0 Å². The van der Waals surface area contributed by atoms with Gasteiger partial charge < -0.3 is 13.7 Å². The van der Waals surface area contributed by atoms with Crippen molar-refractivity contribution in [2.24, 2.45) is 0 Å². The first-order chi connectivity index (χ1) is 26.0. The summed E-state index contributed by atoms with van der Waals surface area (Å²) in [6, 6.07) is 48.7. The first-order valence-electron chi connectivity index (χ1n) is 18.3. The van der Waals surface area contributed by atoms with Gasteiger partial charge in [0.05, 0.1) is 16.6 Å². The molecule has 8 aromatic carbocycles. The molecule has 0 radical (unpaired) electrons. The fourth-order valence-electron chi connectivity index (χ4n) is 7.06. The van der Waals surface area contributed by atoms with Crippen molar-refractivity contribution in [3.63, 3.8) is 0 Å². The third-order valence-corrected chi connectivity index (χ3v) is 9.32. The highest BCUT2D eigenvalue weighted by Crippen LogP contribution is 2.45. The van der Waals surface area contributed by atoms with Crippen LogP contribution in [0.2, 0.25) is 0 Å². The smallest absolute Gasteiger partial charge is 0.143 e. The Bertz CT molecular complexity index is 3050. The van der Waals surface area contributed by atoms with E-state index in [-0.39, 0.29) is 35.4 Å². The molecule has 0 saturated heterocycles. The molecule has 3 heteroatoms. The van der Waals surface area contributed by atoms with Gasteiger partial charge in [-0.25, -0.2) is 0 Å². The van der Waals surface area contributed by atoms with Crippen molar-refractivity contribution in [2.75, 3.05) is 4.90 Å². The molecule has 3 nitrogen and oxygen atoms in total. The molecule has 0 fully saturated rings. The number of hydrogen-bond acceptors (Lipinski definition) is 3. The maximum Gasteiger partial charge on any atom is 0.143 e. The molecule has 0 bridgehead atoms. The molecule has 10 aromatic rings. The summed E-state index contributed by atoms with van der Waals surface area (Å²) in [5.74, 6) is 0. The lowest BCUT2D eigenvalue weighted by atomic mass is 10.0. The second-order valence-corrected chi connectivity index (χ2v) is 12.2. The Morgan fingerprint density at radius 1 is 0.429 bits per heavy atom. The molecule has 0 unspecified atom stereocenters. The Kier molecular flexibility index (Phi) is 5.32. The number of fused-ring (bicyclic) bond motifs is 8. The van der Waals surface area contributed by atoms with Crippen LogP contribution in [0.3, 0.4) is 0 Å². The van der Waals surface area contributed by atoms with Crippen molar-refractivity contribution in [3.8, 4) is 22.3 Å². The summed E-state index contributed by atoms with van der Waals surface area (Å²) in [6.45, 7) is 0. The summed E-state index contributed by atoms with van der Waals surface area (Å²) in [6.07, 6.45) is 0. The van der Waals surface area contributed by atoms with Crippen LogP contribution in [0.1, 0.15) is 5.48 Å². The molecular weight excluding hydrogens is 599 g/mol. The molecule has 0 N–H and O–H groups in total. The summed E-state index contributed by atoms with van der Waals surface area (Å²) >= 11 is 0. The average molecular weight is 632 g/mol. The normalized spacial score (nSPS) is 12.8. The van der Waals surface area contributed by atoms with Crippen LogP contribution >= 0.6 is 0 Å². The SMILES string of the molecule is [2H]c1c([2H])c(N(c2cccc(-c3cccc4c3oc3ccccc34)c2)c2cccc3oc4c5ccccc5ccc4c23)c([2H])c([2H])c1-c1ccccc1. The van der Waals surface area contributed by atoms with E-state index in [0.29, 0.717) is 22.5 Å². The predicted molar refractivity (Wildman–Crippen MR) is 204 cm³/mol. The van der Waals surface area contributed by atoms with Gasteiger partial charge in [-0.3, -0.25) is 0 Å². The molecule has 49 heavy (non-hydrogen) atoms. The molecule has 2 aromatic heterocycles. The quantitative estimate of drug-likeness (QED) is 0.189. The molecule has 10 rings (SSSR count). The minimum Gasteiger partial charge on any atom is -0.455 e. The maximum atomic E-state index is 9.51. The van der Waals surface area contributed by atoms with Gasteiger partial charge in [-0.05, 0) is 70.6 Å². The Balaban J connectivity index is 1.27. The van der Waals surface area contributed by atoms with Crippen LogP contribution in [0.15, 0.2) is 185 Å². The minimum absolute atomic E-state index is 0.115. The summed E-state index contributed by atoms with van der Waals surface area (Å²) in [7, 11) is 0. The lowest BCUT2D eigenvalue weighted by Gasteiger charge is -2.27. The van der Waals surface area contributed by atoms with Crippen molar-refractivity contribution >= 4 is 71.7 Å². The van der Waals surface area contributed by atoms with Crippen LogP contribution in [0.4, 0.5) is 17.1 Å². The van der Waals surface area contributed by atoms with E-state index in [1.807, 2.05) is 126 Å². The zero-order valence-electron chi connectivity index (χ0n) is 30.2. The monoisotopic (exact) mass is 631 g/mol. The molecule has 0 aliphatic carbocycles. The number of hydrogen-bond donors (Lipinski definition) is 0. The number of benzene rings is 8. The van der Waals surface area contributed by atoms with E-state index >= 15 is 0 Å². The molecule has 0 spiro atoms. The highest BCUT2D eigenvalue weighted by molar-refractivity contribution is 6.19. The summed E-state index contributed by atoms with van der Waals surface area (Å²) in [4.78, 5) is 1.85. The van der Waals surface area contributed by atoms with Gasteiger partial charge in [0.25, 0.3) is 0 Å². The highest BCUT2D eigenvalue weighted by atomic mass is 16.3. The molecule has 230 valence electrons. The topological polar surface area (TPSA) is 29.5 Å². The van der Waals surface area contributed by atoms with Crippen molar-refractivity contribution in [3.05, 3.63) is 176 Å². The highest BCUT2D eigenvalue weighted by Gasteiger charge is 2.21. The second kappa shape index (κ2) is 11.0. The summed E-state index contributed by atoms with van der Waals surface area (Å²) in [5, 5.41) is 5.78. The standard InChI is InChI=1S/C46H29NO2/c1-2-11-30(12-3-1)31-23-26-34(27-24-31)47(41-20-10-22-43-44(41)40-28-25-32-13-4-5-16-36(32)46(40)49-43)35-15-8-14-33(29-35)37-18-9-19-39-38-17-6-7-21-42(38)48-45(37)39/h1-29H/i23D,24D,26D,27D. The molecule has 0 aliphatic rings. The number of para-hydroxylation sites is 2. The Morgan fingerprint density at radius 3 is 2.02 bits per heavy atom. The lowest BCUT2D eigenvalue weighted by molar-refractivity contribution is 0.670. The van der Waals surface area contributed by atoms with Gasteiger partial charge in [0, 0.05) is 38.5 Å². The van der Waals surface area contributed by atoms with E-state index in [1.54, 1.807) is 0 Å². The van der Waals surface area contributed by atoms with Crippen molar-refractivity contribution in [1.29, 1.82) is 0 Å². The van der Waals surface area contributed by atoms with Crippen LogP contribution in [0.5, 0.6) is 0 Å². The van der Waals surface area contributed by atoms with Gasteiger partial charge in [0.2, 0.25) is 0 Å². The first kappa shape index (κ1) is 23.7. The Hall–Kier alpha value is -6.58. The van der Waals surface area contributed by atoms with Gasteiger partial charge in [-0.2, -0.15) is 0 Å². The van der Waals surface area contributed by atoms with Gasteiger partial charge in [0.1, 0.15) is 22.3 Å². The number of furan rings is 2. The van der Waals surface area contributed by atoms with Gasteiger partial charge in [-0.15, -0.1) is 0 Å². The van der Waals surface area contributed by atoms with Crippen molar-refractivity contribution < 1.29 is 14.3 Å². The van der Waals surface area contributed by atoms with Gasteiger partial charge >= 0.3 is 0 Å². The Labute approximate surface area is 288 Å². The van der Waals surface area contributed by atoms with Crippen molar-refractivity contribution in [2.45, 2.75) is 0 Å². The summed E-state index contributed by atoms with van der Waals surface area (Å²) < 4.78 is 50.5. The number of nitrogens with zero attached hydrogens (tertiary/aromatic N) is 1. The van der Waals surface area contributed by atoms with Crippen molar-refractivity contribution in [1.82, 2.24) is 0 Å². The predicted octanol–water partition coefficient (Wildman–Crippen LogP) is 13.4. The van der Waals surface area contributed by atoms with Gasteiger partial charge in [-0.1, -0.05) is 127 Å². The third-order valence-electron chi connectivity index (χ3n) is 9.32. The van der Waals surface area contributed by atoms with E-state index in [0.717, 1.165) is 60.2 Å². The molecule has 0 amide bonds. The van der Waals surface area contributed by atoms with Crippen LogP contribution in [-0.2, 0) is 0 Å². The van der Waals surface area contributed by atoms with E-state index in [9.17, 15) is 5.48 Å². The average Bonchev–Trinajstić information content (AvgIpc) is 3.79. The lowest BCUT2D eigenvalue weighted by Crippen LogP contribution is -2.10. The fourth-order valence-corrected chi connectivity index (χ4v) is 7.06. The molecule has 2 heterocycles. The fraction of sp³-hybridized carbons (Fsp3) is 0.